The third kappa shape index (κ3) is 9.26. The van der Waals surface area contributed by atoms with Gasteiger partial charge in [0.05, 0.1) is 22.6 Å². The van der Waals surface area contributed by atoms with Crippen molar-refractivity contribution in [1.29, 1.82) is 0 Å². The van der Waals surface area contributed by atoms with Crippen LogP contribution in [0.25, 0.3) is 89.3 Å². The van der Waals surface area contributed by atoms with E-state index in [0.29, 0.717) is 0 Å². The molecule has 0 aliphatic rings. The van der Waals surface area contributed by atoms with E-state index in [9.17, 15) is 5.11 Å². The van der Waals surface area contributed by atoms with Crippen LogP contribution in [0, 0.1) is 13.8 Å². The largest absolute Gasteiger partial charge is 0.427 e. The quantitative estimate of drug-likeness (QED) is 0.125. The smallest absolute Gasteiger partial charge is 0.330 e. The Kier molecular flexibility index (Phi) is 12.0. The van der Waals surface area contributed by atoms with Gasteiger partial charge in [-0.3, -0.25) is 9.97 Å². The maximum atomic E-state index is 11.0. The zero-order valence-corrected chi connectivity index (χ0v) is 37.9. The van der Waals surface area contributed by atoms with E-state index >= 15 is 0 Å². The molecule has 0 aliphatic carbocycles. The first-order chi connectivity index (χ1) is 31.4. The topological polar surface area (TPSA) is 55.2 Å². The summed E-state index contributed by atoms with van der Waals surface area (Å²) in [5, 5.41) is 11.0. The van der Waals surface area contributed by atoms with E-state index in [0.717, 1.165) is 83.6 Å². The highest BCUT2D eigenvalue weighted by atomic mass is 16.5. The van der Waals surface area contributed by atoms with E-state index in [2.05, 4.69) is 190 Å². The van der Waals surface area contributed by atoms with Crippen LogP contribution < -0.4 is 5.46 Å². The van der Waals surface area contributed by atoms with E-state index in [1.165, 1.54) is 22.3 Å². The molecule has 65 heavy (non-hydrogen) atoms. The first-order valence-corrected chi connectivity index (χ1v) is 22.2. The summed E-state index contributed by atoms with van der Waals surface area (Å²) in [6, 6.07) is 66.3. The highest BCUT2D eigenvalue weighted by molar-refractivity contribution is 6.47. The first-order valence-electron chi connectivity index (χ1n) is 22.2. The summed E-state index contributed by atoms with van der Waals surface area (Å²) in [5.74, 6) is 0. The van der Waals surface area contributed by atoms with Crippen molar-refractivity contribution in [3.8, 4) is 89.3 Å². The summed E-state index contributed by atoms with van der Waals surface area (Å²) in [6.07, 6.45) is 3.96. The molecule has 0 atom stereocenters. The SMILES string of the molecule is Cc1cc(-c2ccc(-c3ccccc3-c3cc([B]OC(C)(C)C(C)(C)O)cc(-c4ccccc4-c4ccc(-c5cc(C)c(-c6ccccc6)cn5)cc4)c3)cc2)ncc1-c1ccccc1. The van der Waals surface area contributed by atoms with Gasteiger partial charge in [0.25, 0.3) is 0 Å². The average molecular weight is 844 g/mol. The molecule has 0 fully saturated rings. The second-order valence-electron chi connectivity index (χ2n) is 17.9. The molecule has 0 spiro atoms. The fraction of sp³-hybridized carbons (Fsp3) is 0.133. The number of benzene rings is 7. The van der Waals surface area contributed by atoms with Crippen molar-refractivity contribution >= 4 is 12.9 Å². The first kappa shape index (κ1) is 43.1. The summed E-state index contributed by atoms with van der Waals surface area (Å²) < 4.78 is 6.40. The molecule has 4 nitrogen and oxygen atoms in total. The lowest BCUT2D eigenvalue weighted by molar-refractivity contribution is -0.0893. The van der Waals surface area contributed by atoms with Gasteiger partial charge in [-0.1, -0.05) is 175 Å². The maximum absolute atomic E-state index is 11.0. The Hall–Kier alpha value is -7.18. The molecule has 9 rings (SSSR count). The van der Waals surface area contributed by atoms with Gasteiger partial charge >= 0.3 is 7.48 Å². The lowest BCUT2D eigenvalue weighted by atomic mass is 9.79. The van der Waals surface area contributed by atoms with E-state index in [1.54, 1.807) is 21.3 Å². The predicted molar refractivity (Wildman–Crippen MR) is 272 cm³/mol. The third-order valence-electron chi connectivity index (χ3n) is 12.8. The molecule has 1 radical (unpaired) electrons. The number of aliphatic hydroxyl groups is 1. The fourth-order valence-corrected chi connectivity index (χ4v) is 8.27. The Balaban J connectivity index is 1.06. The lowest BCUT2D eigenvalue weighted by Crippen LogP contribution is -2.49. The predicted octanol–water partition coefficient (Wildman–Crippen LogP) is 14.2. The Morgan fingerprint density at radius 2 is 0.723 bits per heavy atom. The molecule has 0 amide bonds. The molecule has 2 aromatic heterocycles. The number of nitrogens with zero attached hydrogens (tertiary/aromatic N) is 2. The van der Waals surface area contributed by atoms with Crippen molar-refractivity contribution in [2.75, 3.05) is 0 Å². The fourth-order valence-electron chi connectivity index (χ4n) is 8.27. The Morgan fingerprint density at radius 1 is 0.385 bits per heavy atom. The molecule has 2 heterocycles. The molecule has 0 unspecified atom stereocenters. The molecule has 9 aromatic rings. The number of pyridine rings is 2. The van der Waals surface area contributed by atoms with Crippen LogP contribution in [0.2, 0.25) is 0 Å². The molecular weight excluding hydrogens is 791 g/mol. The zero-order valence-electron chi connectivity index (χ0n) is 37.9. The highest BCUT2D eigenvalue weighted by Gasteiger charge is 2.36. The number of hydrogen-bond donors (Lipinski definition) is 1. The van der Waals surface area contributed by atoms with Gasteiger partial charge in [0.15, 0.2) is 0 Å². The molecule has 0 saturated heterocycles. The second-order valence-corrected chi connectivity index (χ2v) is 17.9. The van der Waals surface area contributed by atoms with E-state index in [-0.39, 0.29) is 0 Å². The minimum absolute atomic E-state index is 0.840. The Bertz CT molecular complexity index is 2910. The number of aromatic nitrogens is 2. The molecule has 317 valence electrons. The summed E-state index contributed by atoms with van der Waals surface area (Å²) in [6.45, 7) is 11.7. The van der Waals surface area contributed by atoms with Gasteiger partial charge < -0.3 is 9.76 Å². The average Bonchev–Trinajstić information content (AvgIpc) is 3.33. The van der Waals surface area contributed by atoms with Gasteiger partial charge in [-0.05, 0) is 127 Å². The molecule has 0 saturated carbocycles. The minimum Gasteiger partial charge on any atom is -0.427 e. The molecule has 5 heteroatoms. The van der Waals surface area contributed by atoms with Gasteiger partial charge in [0, 0.05) is 34.6 Å². The Labute approximate surface area is 384 Å². The van der Waals surface area contributed by atoms with E-state index in [4.69, 9.17) is 14.6 Å². The summed E-state index contributed by atoms with van der Waals surface area (Å²) in [4.78, 5) is 9.76. The van der Waals surface area contributed by atoms with Crippen LogP contribution in [0.15, 0.2) is 200 Å². The second kappa shape index (κ2) is 18.1. The van der Waals surface area contributed by atoms with Crippen molar-refractivity contribution in [3.63, 3.8) is 0 Å². The standard InChI is InChI=1S/C60H52BN2O2/c1-40-33-57(62-38-55(40)42-17-9-7-10-18-42)46-29-25-44(26-30-46)51-21-13-15-23-53(51)48-35-49(37-50(36-48)61-65-60(5,6)59(3,4)64)54-24-16-14-22-52(54)45-27-31-47(32-28-45)58-34-41(2)56(39-63-58)43-19-11-8-12-20-43/h7-39,64H,1-6H3. The van der Waals surface area contributed by atoms with Gasteiger partial charge in [-0.2, -0.15) is 0 Å². The molecule has 1 N–H and O–H groups in total. The van der Waals surface area contributed by atoms with Crippen LogP contribution >= 0.6 is 0 Å². The van der Waals surface area contributed by atoms with Gasteiger partial charge in [-0.15, -0.1) is 0 Å². The van der Waals surface area contributed by atoms with E-state index in [1.807, 2.05) is 38.4 Å². The lowest BCUT2D eigenvalue weighted by Gasteiger charge is -2.37. The summed E-state index contributed by atoms with van der Waals surface area (Å²) in [7, 11) is 1.79. The van der Waals surface area contributed by atoms with Crippen LogP contribution in [0.3, 0.4) is 0 Å². The highest BCUT2D eigenvalue weighted by Crippen LogP contribution is 2.39. The van der Waals surface area contributed by atoms with Crippen molar-refractivity contribution in [1.82, 2.24) is 9.97 Å². The van der Waals surface area contributed by atoms with Crippen molar-refractivity contribution < 1.29 is 9.76 Å². The number of aryl methyl sites for hydroxylation is 2. The molecule has 7 aromatic carbocycles. The van der Waals surface area contributed by atoms with Crippen molar-refractivity contribution in [3.05, 3.63) is 212 Å². The van der Waals surface area contributed by atoms with Crippen LogP contribution in [0.4, 0.5) is 0 Å². The monoisotopic (exact) mass is 843 g/mol. The Morgan fingerprint density at radius 3 is 1.09 bits per heavy atom. The normalized spacial score (nSPS) is 11.7. The van der Waals surface area contributed by atoms with Crippen LogP contribution in [-0.2, 0) is 4.65 Å². The minimum atomic E-state index is -1.07. The third-order valence-corrected chi connectivity index (χ3v) is 12.8. The van der Waals surface area contributed by atoms with Crippen molar-refractivity contribution in [2.24, 2.45) is 0 Å². The number of hydrogen-bond acceptors (Lipinski definition) is 4. The zero-order chi connectivity index (χ0) is 45.1. The van der Waals surface area contributed by atoms with Gasteiger partial charge in [0.1, 0.15) is 0 Å². The molecule has 0 aliphatic heterocycles. The van der Waals surface area contributed by atoms with Crippen LogP contribution in [0.1, 0.15) is 38.8 Å². The summed E-state index contributed by atoms with van der Waals surface area (Å²) in [5.41, 5.74) is 18.8. The van der Waals surface area contributed by atoms with Crippen LogP contribution in [0.5, 0.6) is 0 Å². The van der Waals surface area contributed by atoms with Gasteiger partial charge in [-0.25, -0.2) is 0 Å². The van der Waals surface area contributed by atoms with Gasteiger partial charge in [0.2, 0.25) is 0 Å². The van der Waals surface area contributed by atoms with Crippen LogP contribution in [-0.4, -0.2) is 33.8 Å². The van der Waals surface area contributed by atoms with Crippen molar-refractivity contribution in [2.45, 2.75) is 52.7 Å². The maximum Gasteiger partial charge on any atom is 0.330 e. The number of rotatable bonds is 12. The summed E-state index contributed by atoms with van der Waals surface area (Å²) >= 11 is 0. The molecular formula is C60H52BN2O2. The molecule has 0 bridgehead atoms. The van der Waals surface area contributed by atoms with E-state index < -0.39 is 11.2 Å².